The van der Waals surface area contributed by atoms with Crippen LogP contribution < -0.4 is 5.32 Å². The molecule has 1 aliphatic rings. The molecule has 182 valence electrons. The molecule has 0 spiro atoms. The number of hydrogen-bond donors (Lipinski definition) is 1. The average Bonchev–Trinajstić information content (AvgIpc) is 3.56. The molecule has 1 saturated heterocycles. The van der Waals surface area contributed by atoms with Gasteiger partial charge in [0.1, 0.15) is 15.7 Å². The Labute approximate surface area is 221 Å². The molecule has 0 amide bonds. The van der Waals surface area contributed by atoms with E-state index in [4.69, 9.17) is 14.7 Å². The Morgan fingerprint density at radius 1 is 0.944 bits per heavy atom. The second-order valence-electron chi connectivity index (χ2n) is 8.34. The van der Waals surface area contributed by atoms with E-state index < -0.39 is 0 Å². The van der Waals surface area contributed by atoms with Crippen molar-refractivity contribution in [2.45, 2.75) is 22.5 Å². The van der Waals surface area contributed by atoms with Crippen molar-refractivity contribution in [3.63, 3.8) is 0 Å². The fraction of sp³-hybridized carbons (Fsp3) is 0.231. The second kappa shape index (κ2) is 11.0. The van der Waals surface area contributed by atoms with Gasteiger partial charge in [-0.1, -0.05) is 72.0 Å². The summed E-state index contributed by atoms with van der Waals surface area (Å²) in [5, 5.41) is 17.2. The largest absolute Gasteiger partial charge is 0.379 e. The summed E-state index contributed by atoms with van der Waals surface area (Å²) in [6, 6.07) is 20.7. The highest BCUT2D eigenvalue weighted by Crippen LogP contribution is 2.41. The van der Waals surface area contributed by atoms with Crippen molar-refractivity contribution in [3.05, 3.63) is 77.4 Å². The first-order valence-corrected chi connectivity index (χ1v) is 14.3. The van der Waals surface area contributed by atoms with Gasteiger partial charge in [-0.2, -0.15) is 0 Å². The van der Waals surface area contributed by atoms with Crippen molar-refractivity contribution < 1.29 is 4.74 Å². The molecule has 1 fully saturated rings. The molecule has 0 unspecified atom stereocenters. The maximum Gasteiger partial charge on any atom is 0.206 e. The molecule has 1 N–H and O–H groups in total. The Balaban J connectivity index is 1.30. The Kier molecular flexibility index (Phi) is 7.19. The van der Waals surface area contributed by atoms with Crippen LogP contribution in [0.1, 0.15) is 11.4 Å². The number of hydrogen-bond acceptors (Lipinski definition) is 10. The number of nitrogens with zero attached hydrogens (tertiary/aromatic N) is 5. The first-order valence-electron chi connectivity index (χ1n) is 11.7. The third kappa shape index (κ3) is 5.42. The van der Waals surface area contributed by atoms with Crippen molar-refractivity contribution in [1.29, 1.82) is 0 Å². The molecule has 10 heteroatoms. The second-order valence-corrected chi connectivity index (χ2v) is 11.4. The van der Waals surface area contributed by atoms with Gasteiger partial charge in [-0.25, -0.2) is 9.97 Å². The first kappa shape index (κ1) is 23.5. The summed E-state index contributed by atoms with van der Waals surface area (Å²) in [5.41, 5.74) is 3.53. The molecule has 2 aromatic carbocycles. The van der Waals surface area contributed by atoms with Crippen LogP contribution in [0.3, 0.4) is 0 Å². The van der Waals surface area contributed by atoms with E-state index in [0.29, 0.717) is 13.1 Å². The van der Waals surface area contributed by atoms with Crippen molar-refractivity contribution in [2.75, 3.05) is 31.6 Å². The van der Waals surface area contributed by atoms with E-state index in [1.165, 1.54) is 5.56 Å². The lowest BCUT2D eigenvalue weighted by Gasteiger charge is -2.25. The van der Waals surface area contributed by atoms with E-state index in [1.54, 1.807) is 34.4 Å². The van der Waals surface area contributed by atoms with E-state index in [2.05, 4.69) is 62.2 Å². The third-order valence-corrected chi connectivity index (χ3v) is 8.67. The molecule has 36 heavy (non-hydrogen) atoms. The Morgan fingerprint density at radius 2 is 1.72 bits per heavy atom. The number of thiophene rings is 1. The summed E-state index contributed by atoms with van der Waals surface area (Å²) in [6.07, 6.45) is 0. The molecule has 0 aliphatic carbocycles. The van der Waals surface area contributed by atoms with Crippen LogP contribution in [-0.4, -0.2) is 51.4 Å². The van der Waals surface area contributed by atoms with Gasteiger partial charge in [-0.05, 0) is 22.9 Å². The number of morpholine rings is 1. The van der Waals surface area contributed by atoms with E-state index in [1.807, 2.05) is 24.3 Å². The number of rotatable bonds is 8. The van der Waals surface area contributed by atoms with Gasteiger partial charge in [0.15, 0.2) is 4.34 Å². The molecule has 0 saturated carbocycles. The van der Waals surface area contributed by atoms with Crippen LogP contribution in [0.25, 0.3) is 21.3 Å². The molecule has 1 aliphatic heterocycles. The molecule has 0 radical (unpaired) electrons. The zero-order chi connectivity index (χ0) is 24.2. The van der Waals surface area contributed by atoms with E-state index in [0.717, 1.165) is 68.0 Å². The predicted octanol–water partition coefficient (Wildman–Crippen LogP) is 5.81. The Hall–Kier alpha value is -2.89. The number of fused-ring (bicyclic) bond motifs is 1. The first-order chi connectivity index (χ1) is 17.8. The maximum absolute atomic E-state index is 5.51. The summed E-state index contributed by atoms with van der Waals surface area (Å²) < 4.78 is 6.36. The van der Waals surface area contributed by atoms with E-state index in [9.17, 15) is 0 Å². The van der Waals surface area contributed by atoms with Crippen molar-refractivity contribution in [1.82, 2.24) is 25.1 Å². The number of anilines is 1. The lowest BCUT2D eigenvalue weighted by molar-refractivity contribution is 0.0330. The Morgan fingerprint density at radius 3 is 2.53 bits per heavy atom. The zero-order valence-electron chi connectivity index (χ0n) is 19.5. The predicted molar refractivity (Wildman–Crippen MR) is 147 cm³/mol. The zero-order valence-corrected chi connectivity index (χ0v) is 21.9. The van der Waals surface area contributed by atoms with Gasteiger partial charge < -0.3 is 10.1 Å². The van der Waals surface area contributed by atoms with Crippen LogP contribution in [0.4, 0.5) is 5.13 Å². The lowest BCUT2D eigenvalue weighted by atomic mass is 10.1. The molecule has 5 aromatic rings. The number of benzene rings is 2. The van der Waals surface area contributed by atoms with E-state index >= 15 is 0 Å². The molecule has 3 aromatic heterocycles. The van der Waals surface area contributed by atoms with Gasteiger partial charge in [0.25, 0.3) is 0 Å². The summed E-state index contributed by atoms with van der Waals surface area (Å²) >= 11 is 4.78. The van der Waals surface area contributed by atoms with E-state index in [-0.39, 0.29) is 0 Å². The highest BCUT2D eigenvalue weighted by Gasteiger charge is 2.20. The van der Waals surface area contributed by atoms with Gasteiger partial charge in [0.05, 0.1) is 25.1 Å². The number of ether oxygens (including phenoxy) is 1. The molecule has 0 atom stereocenters. The SMILES string of the molecule is c1ccc(CNc2nnc(Sc3nc(CN4CCOCC4)nc4scc(-c5ccccc5)c34)s2)cc1. The minimum Gasteiger partial charge on any atom is -0.379 e. The molecular weight excluding hydrogens is 509 g/mol. The third-order valence-electron chi connectivity index (χ3n) is 5.88. The molecule has 7 nitrogen and oxygen atoms in total. The highest BCUT2D eigenvalue weighted by molar-refractivity contribution is 8.01. The minimum absolute atomic E-state index is 0.713. The lowest BCUT2D eigenvalue weighted by Crippen LogP contribution is -2.36. The smallest absolute Gasteiger partial charge is 0.206 e. The van der Waals surface area contributed by atoms with Gasteiger partial charge >= 0.3 is 0 Å². The molecule has 0 bridgehead atoms. The minimum atomic E-state index is 0.713. The van der Waals surface area contributed by atoms with Crippen molar-refractivity contribution in [2.24, 2.45) is 0 Å². The summed E-state index contributed by atoms with van der Waals surface area (Å²) in [4.78, 5) is 13.3. The van der Waals surface area contributed by atoms with Gasteiger partial charge in [0.2, 0.25) is 5.13 Å². The summed E-state index contributed by atoms with van der Waals surface area (Å²) in [7, 11) is 0. The van der Waals surface area contributed by atoms with Crippen LogP contribution >= 0.6 is 34.4 Å². The van der Waals surface area contributed by atoms with Crippen LogP contribution in [-0.2, 0) is 17.8 Å². The topological polar surface area (TPSA) is 76.1 Å². The van der Waals surface area contributed by atoms with Crippen molar-refractivity contribution in [3.8, 4) is 11.1 Å². The number of aromatic nitrogens is 4. The molecule has 4 heterocycles. The fourth-order valence-electron chi connectivity index (χ4n) is 4.06. The van der Waals surface area contributed by atoms with Crippen LogP contribution in [0, 0.1) is 0 Å². The summed E-state index contributed by atoms with van der Waals surface area (Å²) in [5.74, 6) is 0.834. The quantitative estimate of drug-likeness (QED) is 0.251. The normalized spacial score (nSPS) is 14.3. The fourth-order valence-corrected chi connectivity index (χ4v) is 6.92. The van der Waals surface area contributed by atoms with Gasteiger partial charge in [-0.3, -0.25) is 4.90 Å². The number of nitrogens with one attached hydrogen (secondary N) is 1. The van der Waals surface area contributed by atoms with Gasteiger partial charge in [0, 0.05) is 30.6 Å². The molecular formula is C26H24N6OS3. The average molecular weight is 533 g/mol. The standard InChI is InChI=1S/C26H24N6OS3/c1-3-7-18(8-4-1)15-27-25-30-31-26(36-25)35-24-22-20(19-9-5-2-6-10-19)17-34-23(22)28-21(29-24)16-32-11-13-33-14-12-32/h1-10,17H,11-16H2,(H,27,30). The maximum atomic E-state index is 5.51. The van der Waals surface area contributed by atoms with Crippen LogP contribution in [0.15, 0.2) is 75.4 Å². The van der Waals surface area contributed by atoms with Gasteiger partial charge in [-0.15, -0.1) is 21.5 Å². The van der Waals surface area contributed by atoms with Crippen molar-refractivity contribution >= 4 is 49.8 Å². The molecule has 6 rings (SSSR count). The monoisotopic (exact) mass is 532 g/mol. The Bertz CT molecular complexity index is 1430. The van der Waals surface area contributed by atoms with Crippen LogP contribution in [0.5, 0.6) is 0 Å². The summed E-state index contributed by atoms with van der Waals surface area (Å²) in [6.45, 7) is 4.73. The van der Waals surface area contributed by atoms with Crippen LogP contribution in [0.2, 0.25) is 0 Å². The highest BCUT2D eigenvalue weighted by atomic mass is 32.2.